The second-order valence-corrected chi connectivity index (χ2v) is 3.46. The van der Waals surface area contributed by atoms with E-state index in [1.54, 1.807) is 0 Å². The normalized spacial score (nSPS) is 10.6. The molecule has 2 nitrogen and oxygen atoms in total. The van der Waals surface area contributed by atoms with Gasteiger partial charge >= 0.3 is 0 Å². The molecule has 2 heteroatoms. The van der Waals surface area contributed by atoms with Crippen molar-refractivity contribution in [1.29, 1.82) is 0 Å². The zero-order valence-electron chi connectivity index (χ0n) is 8.21. The fourth-order valence-corrected chi connectivity index (χ4v) is 1.65. The quantitative estimate of drug-likeness (QED) is 0.769. The molecule has 0 radical (unpaired) electrons. The summed E-state index contributed by atoms with van der Waals surface area (Å²) in [5.74, 6) is 0. The van der Waals surface area contributed by atoms with Crippen molar-refractivity contribution in [1.82, 2.24) is 4.98 Å². The summed E-state index contributed by atoms with van der Waals surface area (Å²) in [5.41, 5.74) is 1.84. The maximum absolute atomic E-state index is 11.6. The van der Waals surface area contributed by atoms with Crippen LogP contribution in [0.2, 0.25) is 0 Å². The van der Waals surface area contributed by atoms with E-state index >= 15 is 0 Å². The van der Waals surface area contributed by atoms with Crippen LogP contribution in [0.3, 0.4) is 0 Å². The third-order valence-electron chi connectivity index (χ3n) is 2.35. The van der Waals surface area contributed by atoms with Gasteiger partial charge in [0, 0.05) is 11.1 Å². The van der Waals surface area contributed by atoms with E-state index in [9.17, 15) is 4.79 Å². The largest absolute Gasteiger partial charge is 0.322 e. The fraction of sp³-hybridized carbons (Fsp3) is 0.250. The molecule has 0 bridgehead atoms. The highest BCUT2D eigenvalue weighted by Crippen LogP contribution is 2.10. The number of pyridine rings is 1. The zero-order valence-corrected chi connectivity index (χ0v) is 8.21. The molecule has 0 aliphatic heterocycles. The second-order valence-electron chi connectivity index (χ2n) is 3.46. The number of aryl methyl sites for hydroxylation is 1. The van der Waals surface area contributed by atoms with E-state index in [0.717, 1.165) is 29.3 Å². The number of hydrogen-bond donors (Lipinski definition) is 1. The lowest BCUT2D eigenvalue weighted by Gasteiger charge is -2.00. The first-order valence-electron chi connectivity index (χ1n) is 4.92. The number of rotatable bonds is 2. The van der Waals surface area contributed by atoms with Gasteiger partial charge in [0.2, 0.25) is 0 Å². The van der Waals surface area contributed by atoms with Gasteiger partial charge in [-0.25, -0.2) is 0 Å². The molecule has 0 aliphatic rings. The molecule has 0 atom stereocenters. The van der Waals surface area contributed by atoms with Crippen molar-refractivity contribution in [3.8, 4) is 0 Å². The minimum Gasteiger partial charge on any atom is -0.322 e. The fourth-order valence-electron chi connectivity index (χ4n) is 1.65. The van der Waals surface area contributed by atoms with E-state index in [-0.39, 0.29) is 5.56 Å². The average molecular weight is 187 g/mol. The van der Waals surface area contributed by atoms with E-state index in [4.69, 9.17) is 0 Å². The summed E-state index contributed by atoms with van der Waals surface area (Å²) >= 11 is 0. The smallest absolute Gasteiger partial charge is 0.251 e. The monoisotopic (exact) mass is 187 g/mol. The van der Waals surface area contributed by atoms with Crippen LogP contribution >= 0.6 is 0 Å². The molecule has 2 rings (SSSR count). The van der Waals surface area contributed by atoms with Gasteiger partial charge in [-0.2, -0.15) is 0 Å². The van der Waals surface area contributed by atoms with Crippen LogP contribution in [0.1, 0.15) is 18.9 Å². The van der Waals surface area contributed by atoms with Crippen molar-refractivity contribution in [2.24, 2.45) is 0 Å². The zero-order chi connectivity index (χ0) is 9.97. The predicted molar refractivity (Wildman–Crippen MR) is 58.6 cm³/mol. The number of aromatic amines is 1. The van der Waals surface area contributed by atoms with Gasteiger partial charge in [0.05, 0.1) is 0 Å². The van der Waals surface area contributed by atoms with Crippen molar-refractivity contribution in [3.63, 3.8) is 0 Å². The van der Waals surface area contributed by atoms with Crippen LogP contribution in [0.15, 0.2) is 35.1 Å². The molecule has 0 saturated carbocycles. The van der Waals surface area contributed by atoms with Crippen LogP contribution in [-0.2, 0) is 6.42 Å². The van der Waals surface area contributed by atoms with E-state index in [0.29, 0.717) is 0 Å². The molecule has 0 unspecified atom stereocenters. The first kappa shape index (κ1) is 9.00. The number of H-pyrrole nitrogens is 1. The number of aromatic nitrogens is 1. The van der Waals surface area contributed by atoms with Gasteiger partial charge < -0.3 is 4.98 Å². The van der Waals surface area contributed by atoms with Crippen LogP contribution in [0.5, 0.6) is 0 Å². The molecule has 0 spiro atoms. The molecule has 1 heterocycles. The maximum atomic E-state index is 11.6. The highest BCUT2D eigenvalue weighted by atomic mass is 16.1. The standard InChI is InChI=1S/C12H13NO/c1-2-5-10-8-9-6-3-4-7-11(9)13-12(10)14/h3-4,6-8H,2,5H2,1H3,(H,13,14). The molecule has 72 valence electrons. The highest BCUT2D eigenvalue weighted by molar-refractivity contribution is 5.78. The summed E-state index contributed by atoms with van der Waals surface area (Å²) in [4.78, 5) is 14.5. The molecule has 0 saturated heterocycles. The highest BCUT2D eigenvalue weighted by Gasteiger charge is 2.00. The summed E-state index contributed by atoms with van der Waals surface area (Å²) in [7, 11) is 0. The summed E-state index contributed by atoms with van der Waals surface area (Å²) in [6, 6.07) is 9.84. The number of hydrogen-bond acceptors (Lipinski definition) is 1. The molecular formula is C12H13NO. The van der Waals surface area contributed by atoms with Gasteiger partial charge in [0.15, 0.2) is 0 Å². The van der Waals surface area contributed by atoms with Crippen LogP contribution in [-0.4, -0.2) is 4.98 Å². The van der Waals surface area contributed by atoms with E-state index < -0.39 is 0 Å². The summed E-state index contributed by atoms with van der Waals surface area (Å²) in [6.45, 7) is 2.08. The summed E-state index contributed by atoms with van der Waals surface area (Å²) < 4.78 is 0. The third kappa shape index (κ3) is 1.55. The molecule has 1 aromatic heterocycles. The van der Waals surface area contributed by atoms with Crippen LogP contribution in [0.4, 0.5) is 0 Å². The lowest BCUT2D eigenvalue weighted by molar-refractivity contribution is 0.905. The van der Waals surface area contributed by atoms with Gasteiger partial charge in [-0.1, -0.05) is 31.5 Å². The van der Waals surface area contributed by atoms with Crippen LogP contribution < -0.4 is 5.56 Å². The van der Waals surface area contributed by atoms with Gasteiger partial charge in [0.25, 0.3) is 5.56 Å². The summed E-state index contributed by atoms with van der Waals surface area (Å²) in [6.07, 6.45) is 1.85. The van der Waals surface area contributed by atoms with Gasteiger partial charge in [0.1, 0.15) is 0 Å². The number of para-hydroxylation sites is 1. The Kier molecular flexibility index (Phi) is 2.35. The summed E-state index contributed by atoms with van der Waals surface area (Å²) in [5, 5.41) is 1.11. The lowest BCUT2D eigenvalue weighted by atomic mass is 10.1. The minimum absolute atomic E-state index is 0.0468. The minimum atomic E-state index is 0.0468. The predicted octanol–water partition coefficient (Wildman–Crippen LogP) is 2.48. The first-order chi connectivity index (χ1) is 6.81. The molecule has 1 aromatic carbocycles. The second kappa shape index (κ2) is 3.66. The number of fused-ring (bicyclic) bond motifs is 1. The Morgan fingerprint density at radius 1 is 1.29 bits per heavy atom. The van der Waals surface area contributed by atoms with E-state index in [1.807, 2.05) is 30.3 Å². The van der Waals surface area contributed by atoms with E-state index in [1.165, 1.54) is 0 Å². The van der Waals surface area contributed by atoms with E-state index in [2.05, 4.69) is 11.9 Å². The maximum Gasteiger partial charge on any atom is 0.251 e. The Hall–Kier alpha value is -1.57. The Morgan fingerprint density at radius 3 is 2.86 bits per heavy atom. The van der Waals surface area contributed by atoms with Crippen molar-refractivity contribution in [3.05, 3.63) is 46.2 Å². The molecule has 0 amide bonds. The van der Waals surface area contributed by atoms with Gasteiger partial charge in [-0.05, 0) is 23.9 Å². The Morgan fingerprint density at radius 2 is 2.07 bits per heavy atom. The van der Waals surface area contributed by atoms with Gasteiger partial charge in [-0.3, -0.25) is 4.79 Å². The van der Waals surface area contributed by atoms with Crippen LogP contribution in [0, 0.1) is 0 Å². The van der Waals surface area contributed by atoms with Crippen molar-refractivity contribution in [2.75, 3.05) is 0 Å². The van der Waals surface area contributed by atoms with Crippen LogP contribution in [0.25, 0.3) is 10.9 Å². The Labute approximate surface area is 82.6 Å². The topological polar surface area (TPSA) is 32.9 Å². The Bertz CT molecular complexity index is 499. The SMILES string of the molecule is CCCc1cc2ccccc2[nH]c1=O. The number of benzene rings is 1. The van der Waals surface area contributed by atoms with Crippen molar-refractivity contribution >= 4 is 10.9 Å². The molecule has 0 aliphatic carbocycles. The molecule has 0 fully saturated rings. The van der Waals surface area contributed by atoms with Gasteiger partial charge in [-0.15, -0.1) is 0 Å². The molecule has 14 heavy (non-hydrogen) atoms. The molecule has 2 aromatic rings. The van der Waals surface area contributed by atoms with Crippen molar-refractivity contribution < 1.29 is 0 Å². The average Bonchev–Trinajstić information content (AvgIpc) is 2.19. The Balaban J connectivity index is 2.65. The van der Waals surface area contributed by atoms with Crippen molar-refractivity contribution in [2.45, 2.75) is 19.8 Å². The lowest BCUT2D eigenvalue weighted by Crippen LogP contribution is -2.11. The number of nitrogens with one attached hydrogen (secondary N) is 1. The molecule has 1 N–H and O–H groups in total. The first-order valence-corrected chi connectivity index (χ1v) is 4.92. The third-order valence-corrected chi connectivity index (χ3v) is 2.35. The molecular weight excluding hydrogens is 174 g/mol.